The molecule has 1 aromatic rings. The minimum Gasteiger partial charge on any atom is -0.372 e. The van der Waals surface area contributed by atoms with Gasteiger partial charge in [-0.1, -0.05) is 0 Å². The van der Waals surface area contributed by atoms with E-state index in [1.54, 1.807) is 0 Å². The fourth-order valence-corrected chi connectivity index (χ4v) is 2.80. The molecule has 0 spiro atoms. The molecule has 2 aliphatic rings. The Labute approximate surface area is 101 Å². The normalized spacial score (nSPS) is 29.5. The summed E-state index contributed by atoms with van der Waals surface area (Å²) in [6.07, 6.45) is 1.14. The van der Waals surface area contributed by atoms with Crippen molar-refractivity contribution in [3.05, 3.63) is 11.6 Å². The molecule has 1 saturated heterocycles. The standard InChI is InChI=1S/C11H19N5O/c1-15-3-2-8(6-12)10(15)11-13-9-7-17-5-4-16(9)14-11/h8,10H,2-7,12H2,1H3. The second-order valence-electron chi connectivity index (χ2n) is 4.87. The molecule has 17 heavy (non-hydrogen) atoms. The molecule has 0 amide bonds. The molecule has 94 valence electrons. The van der Waals surface area contributed by atoms with Crippen LogP contribution >= 0.6 is 0 Å². The van der Waals surface area contributed by atoms with Crippen LogP contribution in [0.1, 0.15) is 24.1 Å². The van der Waals surface area contributed by atoms with Crippen LogP contribution in [-0.4, -0.2) is 46.4 Å². The number of nitrogens with zero attached hydrogens (tertiary/aromatic N) is 4. The van der Waals surface area contributed by atoms with E-state index in [2.05, 4.69) is 22.0 Å². The van der Waals surface area contributed by atoms with Crippen molar-refractivity contribution in [1.29, 1.82) is 0 Å². The lowest BCUT2D eigenvalue weighted by molar-refractivity contribution is 0.0769. The van der Waals surface area contributed by atoms with Crippen LogP contribution in [0.4, 0.5) is 0 Å². The second-order valence-corrected chi connectivity index (χ2v) is 4.87. The van der Waals surface area contributed by atoms with Crippen LogP contribution in [0, 0.1) is 5.92 Å². The summed E-state index contributed by atoms with van der Waals surface area (Å²) in [5.74, 6) is 2.34. The smallest absolute Gasteiger partial charge is 0.168 e. The van der Waals surface area contributed by atoms with E-state index in [4.69, 9.17) is 10.5 Å². The molecule has 2 aliphatic heterocycles. The van der Waals surface area contributed by atoms with Crippen molar-refractivity contribution in [2.24, 2.45) is 11.7 Å². The third kappa shape index (κ3) is 1.86. The zero-order chi connectivity index (χ0) is 11.8. The molecule has 2 N–H and O–H groups in total. The topological polar surface area (TPSA) is 69.2 Å². The van der Waals surface area contributed by atoms with Crippen molar-refractivity contribution in [3.63, 3.8) is 0 Å². The summed E-state index contributed by atoms with van der Waals surface area (Å²) in [6.45, 7) is 3.90. The Morgan fingerprint density at radius 1 is 1.47 bits per heavy atom. The summed E-state index contributed by atoms with van der Waals surface area (Å²) in [5, 5.41) is 4.61. The van der Waals surface area contributed by atoms with E-state index < -0.39 is 0 Å². The van der Waals surface area contributed by atoms with Crippen LogP contribution in [0.25, 0.3) is 0 Å². The molecule has 0 aromatic carbocycles. The summed E-state index contributed by atoms with van der Waals surface area (Å²) >= 11 is 0. The zero-order valence-corrected chi connectivity index (χ0v) is 10.2. The highest BCUT2D eigenvalue weighted by molar-refractivity contribution is 5.04. The van der Waals surface area contributed by atoms with Gasteiger partial charge in [-0.15, -0.1) is 0 Å². The van der Waals surface area contributed by atoms with E-state index >= 15 is 0 Å². The van der Waals surface area contributed by atoms with Crippen molar-refractivity contribution in [2.45, 2.75) is 25.6 Å². The Balaban J connectivity index is 1.89. The number of ether oxygens (including phenoxy) is 1. The van der Waals surface area contributed by atoms with Gasteiger partial charge in [-0.2, -0.15) is 5.10 Å². The summed E-state index contributed by atoms with van der Waals surface area (Å²) < 4.78 is 7.36. The van der Waals surface area contributed by atoms with Crippen LogP contribution in [0.3, 0.4) is 0 Å². The number of likely N-dealkylation sites (tertiary alicyclic amines) is 1. The Kier molecular flexibility index (Phi) is 2.85. The largest absolute Gasteiger partial charge is 0.372 e. The van der Waals surface area contributed by atoms with E-state index in [9.17, 15) is 0 Å². The van der Waals surface area contributed by atoms with E-state index in [0.717, 1.165) is 37.8 Å². The van der Waals surface area contributed by atoms with Gasteiger partial charge in [-0.3, -0.25) is 4.90 Å². The molecule has 2 atom stereocenters. The summed E-state index contributed by atoms with van der Waals surface area (Å²) in [6, 6.07) is 0.276. The minimum absolute atomic E-state index is 0.276. The highest BCUT2D eigenvalue weighted by Crippen LogP contribution is 2.33. The molecule has 3 rings (SSSR count). The van der Waals surface area contributed by atoms with Crippen LogP contribution in [0.2, 0.25) is 0 Å². The molecule has 0 radical (unpaired) electrons. The first-order valence-electron chi connectivity index (χ1n) is 6.21. The first-order valence-corrected chi connectivity index (χ1v) is 6.21. The van der Waals surface area contributed by atoms with Crippen molar-refractivity contribution in [2.75, 3.05) is 26.7 Å². The van der Waals surface area contributed by atoms with E-state index in [1.165, 1.54) is 0 Å². The molecule has 6 nitrogen and oxygen atoms in total. The van der Waals surface area contributed by atoms with E-state index in [-0.39, 0.29) is 6.04 Å². The molecule has 0 aliphatic carbocycles. The van der Waals surface area contributed by atoms with Crippen LogP contribution < -0.4 is 5.73 Å². The molecule has 0 saturated carbocycles. The van der Waals surface area contributed by atoms with Gasteiger partial charge in [0.05, 0.1) is 19.2 Å². The lowest BCUT2D eigenvalue weighted by Gasteiger charge is -2.20. The first-order chi connectivity index (χ1) is 8.29. The van der Waals surface area contributed by atoms with Gasteiger partial charge in [0.15, 0.2) is 11.6 Å². The van der Waals surface area contributed by atoms with Crippen LogP contribution in [0.5, 0.6) is 0 Å². The fourth-order valence-electron chi connectivity index (χ4n) is 2.80. The minimum atomic E-state index is 0.276. The van der Waals surface area contributed by atoms with Crippen LogP contribution in [0.15, 0.2) is 0 Å². The van der Waals surface area contributed by atoms with Crippen molar-refractivity contribution < 1.29 is 4.74 Å². The molecule has 3 heterocycles. The number of aromatic nitrogens is 3. The number of hydrogen-bond acceptors (Lipinski definition) is 5. The average Bonchev–Trinajstić information content (AvgIpc) is 2.91. The molecular weight excluding hydrogens is 218 g/mol. The van der Waals surface area contributed by atoms with Gasteiger partial charge in [-0.25, -0.2) is 9.67 Å². The van der Waals surface area contributed by atoms with Gasteiger partial charge in [0, 0.05) is 0 Å². The summed E-state index contributed by atoms with van der Waals surface area (Å²) in [5.41, 5.74) is 5.83. The van der Waals surface area contributed by atoms with Gasteiger partial charge in [-0.05, 0) is 32.5 Å². The van der Waals surface area contributed by atoms with Crippen molar-refractivity contribution in [3.8, 4) is 0 Å². The Morgan fingerprint density at radius 2 is 2.35 bits per heavy atom. The predicted octanol–water partition coefficient (Wildman–Crippen LogP) is -0.240. The lowest BCUT2D eigenvalue weighted by Crippen LogP contribution is -2.26. The molecule has 1 fully saturated rings. The second kappa shape index (κ2) is 4.36. The maximum absolute atomic E-state index is 5.83. The van der Waals surface area contributed by atoms with Gasteiger partial charge in [0.25, 0.3) is 0 Å². The van der Waals surface area contributed by atoms with Gasteiger partial charge in [0.1, 0.15) is 6.61 Å². The zero-order valence-electron chi connectivity index (χ0n) is 10.2. The van der Waals surface area contributed by atoms with E-state index in [0.29, 0.717) is 19.1 Å². The Bertz CT molecular complexity index is 381. The highest BCUT2D eigenvalue weighted by atomic mass is 16.5. The van der Waals surface area contributed by atoms with Gasteiger partial charge in [0.2, 0.25) is 0 Å². The van der Waals surface area contributed by atoms with Crippen LogP contribution in [-0.2, 0) is 17.9 Å². The molecule has 0 bridgehead atoms. The summed E-state index contributed by atoms with van der Waals surface area (Å²) in [7, 11) is 2.12. The maximum Gasteiger partial charge on any atom is 0.168 e. The number of nitrogens with two attached hydrogens (primary N) is 1. The van der Waals surface area contributed by atoms with Crippen molar-refractivity contribution in [1.82, 2.24) is 19.7 Å². The number of fused-ring (bicyclic) bond motifs is 1. The predicted molar refractivity (Wildman–Crippen MR) is 62.2 cm³/mol. The number of hydrogen-bond donors (Lipinski definition) is 1. The molecular formula is C11H19N5O. The lowest BCUT2D eigenvalue weighted by atomic mass is 10.0. The average molecular weight is 237 g/mol. The third-order valence-corrected chi connectivity index (χ3v) is 3.78. The third-order valence-electron chi connectivity index (χ3n) is 3.78. The molecule has 1 aromatic heterocycles. The monoisotopic (exact) mass is 237 g/mol. The van der Waals surface area contributed by atoms with E-state index in [1.807, 2.05) is 4.68 Å². The quantitative estimate of drug-likeness (QED) is 0.769. The summed E-state index contributed by atoms with van der Waals surface area (Å²) in [4.78, 5) is 6.92. The molecule has 6 heteroatoms. The first kappa shape index (κ1) is 11.1. The maximum atomic E-state index is 5.83. The SMILES string of the molecule is CN1CCC(CN)C1c1nc2n(n1)CCOC2. The highest BCUT2D eigenvalue weighted by Gasteiger charge is 2.35. The fraction of sp³-hybridized carbons (Fsp3) is 0.818. The van der Waals surface area contributed by atoms with Crippen molar-refractivity contribution >= 4 is 0 Å². The number of rotatable bonds is 2. The van der Waals surface area contributed by atoms with Gasteiger partial charge < -0.3 is 10.5 Å². The Morgan fingerprint density at radius 3 is 3.12 bits per heavy atom. The Hall–Kier alpha value is -0.980. The molecule has 2 unspecified atom stereocenters. The van der Waals surface area contributed by atoms with Gasteiger partial charge >= 0.3 is 0 Å².